The first-order valence-electron chi connectivity index (χ1n) is 11.7. The summed E-state index contributed by atoms with van der Waals surface area (Å²) < 4.78 is 50.4. The van der Waals surface area contributed by atoms with Gasteiger partial charge in [0.15, 0.2) is 0 Å². The van der Waals surface area contributed by atoms with Crippen molar-refractivity contribution in [2.75, 3.05) is 23.9 Å². The van der Waals surface area contributed by atoms with Crippen LogP contribution in [0.4, 0.5) is 24.7 Å². The molecule has 0 bridgehead atoms. The number of anilines is 2. The fraction of sp³-hybridized carbons (Fsp3) is 0.360. The van der Waals surface area contributed by atoms with Gasteiger partial charge in [-0.25, -0.2) is 4.79 Å². The molecule has 0 fully saturated rings. The molecule has 3 aromatic rings. The van der Waals surface area contributed by atoms with E-state index in [1.807, 2.05) is 0 Å². The maximum absolute atomic E-state index is 13.3. The Bertz CT molecular complexity index is 1420. The standard InChI is InChI=1S/C25H26ClF3N4O5/c1-31-22-21(23(35)32(24(31)36)10-3-11-34)30-20(33(22)14-15-4-6-17(26)7-5-15)13-16-12-18(38-25(27,28)29)8-9-19(16)37-2/h4-9,12,20,30,34H,3,10-11,13-14H2,1-2H3. The largest absolute Gasteiger partial charge is 0.573 e. The smallest absolute Gasteiger partial charge is 0.496 e. The van der Waals surface area contributed by atoms with Crippen LogP contribution in [0.3, 0.4) is 0 Å². The van der Waals surface area contributed by atoms with Gasteiger partial charge in [0.1, 0.15) is 29.2 Å². The number of halogens is 4. The van der Waals surface area contributed by atoms with E-state index in [0.717, 1.165) is 16.2 Å². The Balaban J connectivity index is 1.78. The normalized spacial score (nSPS) is 14.8. The van der Waals surface area contributed by atoms with Gasteiger partial charge >= 0.3 is 12.1 Å². The van der Waals surface area contributed by atoms with Crippen molar-refractivity contribution in [3.05, 3.63) is 79.5 Å². The number of nitrogens with zero attached hydrogens (tertiary/aromatic N) is 3. The average molecular weight is 555 g/mol. The van der Waals surface area contributed by atoms with Crippen molar-refractivity contribution in [2.45, 2.75) is 38.5 Å². The average Bonchev–Trinajstić information content (AvgIpc) is 3.21. The molecule has 0 amide bonds. The van der Waals surface area contributed by atoms with E-state index in [9.17, 15) is 27.9 Å². The maximum atomic E-state index is 13.3. The minimum Gasteiger partial charge on any atom is -0.496 e. The van der Waals surface area contributed by atoms with Crippen LogP contribution in [0.2, 0.25) is 5.02 Å². The molecule has 0 spiro atoms. The first-order chi connectivity index (χ1) is 18.0. The molecule has 0 aliphatic carbocycles. The van der Waals surface area contributed by atoms with Gasteiger partial charge in [0.05, 0.1) is 7.11 Å². The molecule has 0 saturated heterocycles. The first-order valence-corrected chi connectivity index (χ1v) is 12.0. The van der Waals surface area contributed by atoms with Crippen LogP contribution in [-0.4, -0.2) is 40.5 Å². The number of ether oxygens (including phenoxy) is 2. The fourth-order valence-corrected chi connectivity index (χ4v) is 4.62. The zero-order valence-electron chi connectivity index (χ0n) is 20.6. The molecule has 1 aromatic heterocycles. The number of aromatic nitrogens is 2. The van der Waals surface area contributed by atoms with Crippen LogP contribution in [0.1, 0.15) is 17.5 Å². The number of rotatable bonds is 9. The number of hydrogen-bond donors (Lipinski definition) is 2. The van der Waals surface area contributed by atoms with Gasteiger partial charge in [-0.15, -0.1) is 13.2 Å². The Labute approximate surface area is 220 Å². The maximum Gasteiger partial charge on any atom is 0.573 e. The summed E-state index contributed by atoms with van der Waals surface area (Å²) in [6, 6.07) is 10.8. The fourth-order valence-electron chi connectivity index (χ4n) is 4.49. The summed E-state index contributed by atoms with van der Waals surface area (Å²) in [5, 5.41) is 12.9. The van der Waals surface area contributed by atoms with Crippen molar-refractivity contribution in [2.24, 2.45) is 7.05 Å². The van der Waals surface area contributed by atoms with Gasteiger partial charge in [-0.1, -0.05) is 23.7 Å². The van der Waals surface area contributed by atoms with Crippen molar-refractivity contribution in [3.8, 4) is 11.5 Å². The summed E-state index contributed by atoms with van der Waals surface area (Å²) in [6.07, 6.45) is -5.19. The van der Waals surface area contributed by atoms with E-state index < -0.39 is 29.5 Å². The Kier molecular flexibility index (Phi) is 7.93. The Morgan fingerprint density at radius 3 is 2.47 bits per heavy atom. The van der Waals surface area contributed by atoms with Gasteiger partial charge in [-0.2, -0.15) is 0 Å². The molecule has 0 radical (unpaired) electrons. The summed E-state index contributed by atoms with van der Waals surface area (Å²) in [5.41, 5.74) is 0.286. The van der Waals surface area contributed by atoms with Crippen molar-refractivity contribution < 1.29 is 27.8 Å². The number of benzene rings is 2. The second kappa shape index (κ2) is 11.0. The van der Waals surface area contributed by atoms with Crippen LogP contribution in [0.5, 0.6) is 11.5 Å². The minimum absolute atomic E-state index is 0.0312. The van der Waals surface area contributed by atoms with Gasteiger partial charge in [0, 0.05) is 43.8 Å². The third-order valence-corrected chi connectivity index (χ3v) is 6.43. The summed E-state index contributed by atoms with van der Waals surface area (Å²) >= 11 is 6.03. The Morgan fingerprint density at radius 2 is 1.84 bits per heavy atom. The van der Waals surface area contributed by atoms with Gasteiger partial charge in [0.25, 0.3) is 5.56 Å². The summed E-state index contributed by atoms with van der Waals surface area (Å²) in [6.45, 7) is 0.0985. The molecule has 38 heavy (non-hydrogen) atoms. The molecule has 4 rings (SSSR count). The molecule has 2 aromatic carbocycles. The first kappa shape index (κ1) is 27.4. The molecule has 13 heteroatoms. The van der Waals surface area contributed by atoms with E-state index in [2.05, 4.69) is 10.1 Å². The second-order valence-corrected chi connectivity index (χ2v) is 9.15. The van der Waals surface area contributed by atoms with E-state index in [-0.39, 0.29) is 38.2 Å². The van der Waals surface area contributed by atoms with Gasteiger partial charge in [-0.3, -0.25) is 13.9 Å². The van der Waals surface area contributed by atoms with Crippen LogP contribution < -0.4 is 30.9 Å². The number of fused-ring (bicyclic) bond motifs is 1. The molecule has 1 aliphatic heterocycles. The highest BCUT2D eigenvalue weighted by Gasteiger charge is 2.36. The lowest BCUT2D eigenvalue weighted by molar-refractivity contribution is -0.274. The van der Waals surface area contributed by atoms with Crippen LogP contribution in [0, 0.1) is 0 Å². The monoisotopic (exact) mass is 554 g/mol. The molecule has 204 valence electrons. The van der Waals surface area contributed by atoms with Gasteiger partial charge in [-0.05, 0) is 42.3 Å². The number of alkyl halides is 3. The zero-order valence-corrected chi connectivity index (χ0v) is 21.3. The van der Waals surface area contributed by atoms with Crippen LogP contribution in [0.25, 0.3) is 0 Å². The van der Waals surface area contributed by atoms with Crippen LogP contribution >= 0.6 is 11.6 Å². The lowest BCUT2D eigenvalue weighted by Crippen LogP contribution is -2.41. The molecule has 1 unspecified atom stereocenters. The molecule has 0 saturated carbocycles. The quantitative estimate of drug-likeness (QED) is 0.418. The van der Waals surface area contributed by atoms with Gasteiger partial charge in [0.2, 0.25) is 0 Å². The predicted molar refractivity (Wildman–Crippen MR) is 136 cm³/mol. The topological polar surface area (TPSA) is 98.0 Å². The molecule has 9 nitrogen and oxygen atoms in total. The van der Waals surface area contributed by atoms with Crippen LogP contribution in [0.15, 0.2) is 52.1 Å². The third-order valence-electron chi connectivity index (χ3n) is 6.18. The van der Waals surface area contributed by atoms with Crippen molar-refractivity contribution in [3.63, 3.8) is 0 Å². The predicted octanol–water partition coefficient (Wildman–Crippen LogP) is 3.49. The molecule has 2 N–H and O–H groups in total. The Hall–Kier alpha value is -3.64. The van der Waals surface area contributed by atoms with Crippen molar-refractivity contribution in [1.29, 1.82) is 0 Å². The van der Waals surface area contributed by atoms with Crippen molar-refractivity contribution in [1.82, 2.24) is 9.13 Å². The molecule has 1 atom stereocenters. The highest BCUT2D eigenvalue weighted by atomic mass is 35.5. The Morgan fingerprint density at radius 1 is 1.13 bits per heavy atom. The van der Waals surface area contributed by atoms with E-state index in [1.54, 1.807) is 29.2 Å². The number of aliphatic hydroxyl groups excluding tert-OH is 1. The number of methoxy groups -OCH3 is 1. The molecular weight excluding hydrogens is 529 g/mol. The number of hydrogen-bond acceptors (Lipinski definition) is 7. The van der Waals surface area contributed by atoms with Gasteiger partial charge < -0.3 is 24.8 Å². The van der Waals surface area contributed by atoms with E-state index >= 15 is 0 Å². The number of nitrogens with one attached hydrogen (secondary N) is 1. The van der Waals surface area contributed by atoms with E-state index in [4.69, 9.17) is 16.3 Å². The summed E-state index contributed by atoms with van der Waals surface area (Å²) in [7, 11) is 2.93. The lowest BCUT2D eigenvalue weighted by Gasteiger charge is -2.28. The highest BCUT2D eigenvalue weighted by Crippen LogP contribution is 2.36. The molecular formula is C25H26ClF3N4O5. The SMILES string of the molecule is COc1ccc(OC(F)(F)F)cc1CC1Nc2c(n(C)c(=O)n(CCCO)c2=O)N1Cc1ccc(Cl)cc1. The second-order valence-electron chi connectivity index (χ2n) is 8.71. The number of aliphatic hydroxyl groups is 1. The minimum atomic E-state index is -4.87. The van der Waals surface area contributed by atoms with Crippen molar-refractivity contribution >= 4 is 23.1 Å². The van der Waals surface area contributed by atoms with E-state index in [0.29, 0.717) is 22.2 Å². The molecule has 2 heterocycles. The third kappa shape index (κ3) is 5.76. The summed E-state index contributed by atoms with van der Waals surface area (Å²) in [5.74, 6) is 0.256. The van der Waals surface area contributed by atoms with Crippen LogP contribution in [-0.2, 0) is 26.6 Å². The summed E-state index contributed by atoms with van der Waals surface area (Å²) in [4.78, 5) is 28.2. The highest BCUT2D eigenvalue weighted by molar-refractivity contribution is 6.30. The lowest BCUT2D eigenvalue weighted by atomic mass is 10.1. The zero-order chi connectivity index (χ0) is 27.6. The van der Waals surface area contributed by atoms with E-state index in [1.165, 1.54) is 30.9 Å². The molecule has 1 aliphatic rings.